The molecule has 1 aromatic heterocycles. The van der Waals surface area contributed by atoms with Gasteiger partial charge in [-0.15, -0.1) is 5.10 Å². The average molecular weight is 296 g/mol. The molecule has 1 aromatic rings. The second kappa shape index (κ2) is 5.29. The minimum Gasteiger partial charge on any atom is -0.381 e. The summed E-state index contributed by atoms with van der Waals surface area (Å²) in [5, 5.41) is 7.31. The van der Waals surface area contributed by atoms with Crippen molar-refractivity contribution in [1.29, 1.82) is 0 Å². The number of nitrogens with one attached hydrogen (secondary N) is 1. The first-order valence-electron chi connectivity index (χ1n) is 7.05. The maximum atomic E-state index is 12.4. The summed E-state index contributed by atoms with van der Waals surface area (Å²) in [7, 11) is 0. The number of anilines is 1. The van der Waals surface area contributed by atoms with Crippen LogP contribution in [0.3, 0.4) is 0 Å². The number of carbonyl (C=O) groups is 1. The van der Waals surface area contributed by atoms with Gasteiger partial charge >= 0.3 is 6.03 Å². The highest BCUT2D eigenvalue weighted by Gasteiger charge is 2.55. The Balaban J connectivity index is 1.69. The van der Waals surface area contributed by atoms with Crippen LogP contribution in [0.4, 0.5) is 9.80 Å². The summed E-state index contributed by atoms with van der Waals surface area (Å²) in [6.45, 7) is 6.84. The molecule has 2 fully saturated rings. The molecular weight excluding hydrogens is 276 g/mol. The predicted octanol–water partition coefficient (Wildman–Crippen LogP) is 2.21. The zero-order valence-electron chi connectivity index (χ0n) is 11.8. The highest BCUT2D eigenvalue weighted by atomic mass is 32.1. The van der Waals surface area contributed by atoms with Crippen molar-refractivity contribution in [2.75, 3.05) is 25.1 Å². The van der Waals surface area contributed by atoms with Crippen LogP contribution < -0.4 is 5.32 Å². The minimum atomic E-state index is -0.0353. The smallest absolute Gasteiger partial charge is 0.322 e. The topological polar surface area (TPSA) is 67.4 Å². The summed E-state index contributed by atoms with van der Waals surface area (Å²) in [5.41, 5.74) is 0.260. The molecule has 0 aromatic carbocycles. The summed E-state index contributed by atoms with van der Waals surface area (Å²) in [5.74, 6) is 0.451. The van der Waals surface area contributed by atoms with Crippen molar-refractivity contribution in [1.82, 2.24) is 14.5 Å². The maximum Gasteiger partial charge on any atom is 0.322 e. The van der Waals surface area contributed by atoms with Gasteiger partial charge in [-0.3, -0.25) is 5.32 Å². The Labute approximate surface area is 122 Å². The first-order valence-corrected chi connectivity index (χ1v) is 7.82. The van der Waals surface area contributed by atoms with Gasteiger partial charge in [0.1, 0.15) is 5.00 Å². The van der Waals surface area contributed by atoms with E-state index < -0.39 is 0 Å². The van der Waals surface area contributed by atoms with Gasteiger partial charge in [0.05, 0.1) is 6.20 Å². The van der Waals surface area contributed by atoms with Crippen LogP contribution in [0.25, 0.3) is 0 Å². The second-order valence-corrected chi connectivity index (χ2v) is 6.79. The van der Waals surface area contributed by atoms with Crippen molar-refractivity contribution in [3.63, 3.8) is 0 Å². The first-order chi connectivity index (χ1) is 9.62. The van der Waals surface area contributed by atoms with Crippen LogP contribution in [0.1, 0.15) is 26.7 Å². The van der Waals surface area contributed by atoms with Crippen LogP contribution in [-0.2, 0) is 4.74 Å². The maximum absolute atomic E-state index is 12.4. The van der Waals surface area contributed by atoms with E-state index >= 15 is 0 Å². The number of nitrogens with zero attached hydrogens (tertiary/aromatic N) is 3. The third kappa shape index (κ3) is 2.29. The van der Waals surface area contributed by atoms with Crippen molar-refractivity contribution in [2.45, 2.75) is 32.7 Å². The number of carbonyl (C=O) groups excluding carboxylic acids is 1. The van der Waals surface area contributed by atoms with Gasteiger partial charge in [0.2, 0.25) is 0 Å². The summed E-state index contributed by atoms with van der Waals surface area (Å²) in [6.07, 6.45) is 3.69. The molecular formula is C13H20N4O2S. The van der Waals surface area contributed by atoms with E-state index in [1.807, 2.05) is 4.90 Å². The third-order valence-corrected chi connectivity index (χ3v) is 5.00. The first kappa shape index (κ1) is 13.8. The molecule has 2 aliphatic heterocycles. The van der Waals surface area contributed by atoms with E-state index in [2.05, 4.69) is 28.8 Å². The Morgan fingerprint density at radius 3 is 2.90 bits per heavy atom. The second-order valence-electron chi connectivity index (χ2n) is 6.00. The molecule has 0 radical (unpaired) electrons. The lowest BCUT2D eigenvalue weighted by molar-refractivity contribution is -0.122. The van der Waals surface area contributed by atoms with Gasteiger partial charge in [0, 0.05) is 42.7 Å². The van der Waals surface area contributed by atoms with E-state index in [1.54, 1.807) is 6.20 Å². The molecule has 3 heterocycles. The van der Waals surface area contributed by atoms with E-state index in [0.29, 0.717) is 17.0 Å². The monoisotopic (exact) mass is 296 g/mol. The van der Waals surface area contributed by atoms with Crippen LogP contribution in [0, 0.1) is 11.3 Å². The lowest BCUT2D eigenvalue weighted by atomic mass is 9.63. The number of amides is 2. The van der Waals surface area contributed by atoms with Crippen LogP contribution in [0.15, 0.2) is 6.20 Å². The number of rotatable bonds is 2. The number of hydrogen-bond acceptors (Lipinski definition) is 5. The number of aromatic nitrogens is 2. The molecule has 0 bridgehead atoms. The SMILES string of the molecule is CC(C)C1N(C(=O)Nc2cnns2)CC12CCOCC2. The Morgan fingerprint density at radius 1 is 1.55 bits per heavy atom. The molecule has 110 valence electrons. The molecule has 2 amide bonds. The molecule has 1 N–H and O–H groups in total. The van der Waals surface area contributed by atoms with Crippen LogP contribution in [0.5, 0.6) is 0 Å². The van der Waals surface area contributed by atoms with Gasteiger partial charge in [-0.1, -0.05) is 18.3 Å². The van der Waals surface area contributed by atoms with Crippen molar-refractivity contribution >= 4 is 22.6 Å². The van der Waals surface area contributed by atoms with Crippen molar-refractivity contribution < 1.29 is 9.53 Å². The summed E-state index contributed by atoms with van der Waals surface area (Å²) in [6, 6.07) is 0.263. The highest BCUT2D eigenvalue weighted by molar-refractivity contribution is 7.10. The fraction of sp³-hybridized carbons (Fsp3) is 0.769. The molecule has 7 heteroatoms. The van der Waals surface area contributed by atoms with E-state index in [9.17, 15) is 4.79 Å². The molecule has 1 unspecified atom stereocenters. The number of urea groups is 1. The lowest BCUT2D eigenvalue weighted by Gasteiger charge is -2.60. The molecule has 20 heavy (non-hydrogen) atoms. The largest absolute Gasteiger partial charge is 0.381 e. The molecule has 0 saturated carbocycles. The quantitative estimate of drug-likeness (QED) is 0.908. The van der Waals surface area contributed by atoms with Crippen molar-refractivity contribution in [3.05, 3.63) is 6.20 Å². The molecule has 2 saturated heterocycles. The van der Waals surface area contributed by atoms with Gasteiger partial charge in [-0.05, 0) is 18.8 Å². The van der Waals surface area contributed by atoms with Crippen LogP contribution >= 0.6 is 11.5 Å². The summed E-state index contributed by atoms with van der Waals surface area (Å²) >= 11 is 1.20. The Kier molecular flexibility index (Phi) is 3.64. The van der Waals surface area contributed by atoms with E-state index in [0.717, 1.165) is 32.6 Å². The number of ether oxygens (including phenoxy) is 1. The third-order valence-electron chi connectivity index (χ3n) is 4.42. The zero-order valence-corrected chi connectivity index (χ0v) is 12.7. The predicted molar refractivity (Wildman–Crippen MR) is 76.7 cm³/mol. The van der Waals surface area contributed by atoms with Crippen molar-refractivity contribution in [3.8, 4) is 0 Å². The minimum absolute atomic E-state index is 0.0353. The summed E-state index contributed by atoms with van der Waals surface area (Å²) in [4.78, 5) is 14.3. The number of likely N-dealkylation sites (tertiary alicyclic amines) is 1. The van der Waals surface area contributed by atoms with Crippen molar-refractivity contribution in [2.24, 2.45) is 11.3 Å². The van der Waals surface area contributed by atoms with Gasteiger partial charge < -0.3 is 9.64 Å². The van der Waals surface area contributed by atoms with Gasteiger partial charge in [-0.25, -0.2) is 4.79 Å². The molecule has 2 aliphatic rings. The van der Waals surface area contributed by atoms with Gasteiger partial charge in [0.15, 0.2) is 0 Å². The fourth-order valence-electron chi connectivity index (χ4n) is 3.65. The fourth-order valence-corrected chi connectivity index (χ4v) is 4.06. The van der Waals surface area contributed by atoms with Crippen LogP contribution in [-0.4, -0.2) is 46.3 Å². The Morgan fingerprint density at radius 2 is 2.30 bits per heavy atom. The molecule has 0 aliphatic carbocycles. The molecule has 3 rings (SSSR count). The van der Waals surface area contributed by atoms with E-state index in [-0.39, 0.29) is 11.4 Å². The average Bonchev–Trinajstić information content (AvgIpc) is 2.89. The zero-order chi connectivity index (χ0) is 14.2. The normalized spacial score (nSPS) is 24.8. The highest BCUT2D eigenvalue weighted by Crippen LogP contribution is 2.48. The Bertz CT molecular complexity index is 471. The Hall–Kier alpha value is -1.21. The van der Waals surface area contributed by atoms with E-state index in [4.69, 9.17) is 4.74 Å². The standard InChI is InChI=1S/C13H20N4O2S/c1-9(2)11-13(3-5-19-6-4-13)8-17(11)12(18)15-10-7-14-16-20-10/h7,9,11H,3-6,8H2,1-2H3,(H,15,18). The van der Waals surface area contributed by atoms with Gasteiger partial charge in [-0.2, -0.15) is 0 Å². The molecule has 1 atom stereocenters. The lowest BCUT2D eigenvalue weighted by Crippen LogP contribution is -2.70. The van der Waals surface area contributed by atoms with Gasteiger partial charge in [0.25, 0.3) is 0 Å². The molecule has 1 spiro atoms. The van der Waals surface area contributed by atoms with Crippen LogP contribution in [0.2, 0.25) is 0 Å². The summed E-state index contributed by atoms with van der Waals surface area (Å²) < 4.78 is 9.23. The number of hydrogen-bond donors (Lipinski definition) is 1. The van der Waals surface area contributed by atoms with E-state index in [1.165, 1.54) is 11.5 Å². The molecule has 6 nitrogen and oxygen atoms in total.